The van der Waals surface area contributed by atoms with E-state index >= 15 is 0 Å². The third kappa shape index (κ3) is 4.83. The molecular weight excluding hydrogens is 318 g/mol. The summed E-state index contributed by atoms with van der Waals surface area (Å²) < 4.78 is 5.24. The highest BCUT2D eigenvalue weighted by Gasteiger charge is 2.39. The molecule has 2 aromatic rings. The van der Waals surface area contributed by atoms with Crippen molar-refractivity contribution in [1.82, 2.24) is 5.32 Å². The zero-order valence-electron chi connectivity index (χ0n) is 14.7. The van der Waals surface area contributed by atoms with Crippen molar-refractivity contribution in [3.05, 3.63) is 71.3 Å². The molecule has 0 aliphatic heterocycles. The van der Waals surface area contributed by atoms with Crippen molar-refractivity contribution < 1.29 is 19.4 Å². The fraction of sp³-hybridized carbons (Fsp3) is 0.300. The van der Waals surface area contributed by atoms with Gasteiger partial charge in [0.25, 0.3) is 0 Å². The van der Waals surface area contributed by atoms with Crippen molar-refractivity contribution >= 4 is 12.1 Å². The van der Waals surface area contributed by atoms with E-state index in [9.17, 15) is 14.7 Å². The number of benzene rings is 2. The Morgan fingerprint density at radius 3 is 2.40 bits per heavy atom. The summed E-state index contributed by atoms with van der Waals surface area (Å²) in [5, 5.41) is 12.3. The summed E-state index contributed by atoms with van der Waals surface area (Å²) in [7, 11) is 0. The number of aliphatic carboxylic acids is 1. The Bertz CT molecular complexity index is 740. The molecule has 0 heterocycles. The standard InChI is InChI=1S/C20H23NO4/c1-14-8-7-11-16(12-14)17(20(2,3)18(22)23)21-19(24)25-13-15-9-5-4-6-10-15/h4-12,17H,13H2,1-3H3,(H,21,24)(H,22,23). The molecular formula is C20H23NO4. The zero-order valence-corrected chi connectivity index (χ0v) is 14.7. The molecule has 1 unspecified atom stereocenters. The lowest BCUT2D eigenvalue weighted by molar-refractivity contribution is -0.148. The van der Waals surface area contributed by atoms with Crippen LogP contribution >= 0.6 is 0 Å². The van der Waals surface area contributed by atoms with Crippen LogP contribution in [-0.2, 0) is 16.1 Å². The molecule has 0 saturated heterocycles. The maximum absolute atomic E-state index is 12.2. The number of carboxylic acids is 1. The van der Waals surface area contributed by atoms with Gasteiger partial charge in [-0.2, -0.15) is 0 Å². The minimum Gasteiger partial charge on any atom is -0.481 e. The highest BCUT2D eigenvalue weighted by atomic mass is 16.5. The minimum atomic E-state index is -1.19. The third-order valence-electron chi connectivity index (χ3n) is 4.12. The molecule has 0 fully saturated rings. The second-order valence-electron chi connectivity index (χ2n) is 6.58. The van der Waals surface area contributed by atoms with Gasteiger partial charge in [0, 0.05) is 0 Å². The van der Waals surface area contributed by atoms with Crippen molar-refractivity contribution in [3.8, 4) is 0 Å². The van der Waals surface area contributed by atoms with Gasteiger partial charge in [-0.05, 0) is 31.9 Å². The third-order valence-corrected chi connectivity index (χ3v) is 4.12. The Balaban J connectivity index is 2.15. The average Bonchev–Trinajstić information content (AvgIpc) is 2.58. The number of rotatable bonds is 6. The number of hydrogen-bond donors (Lipinski definition) is 2. The van der Waals surface area contributed by atoms with Crippen molar-refractivity contribution in [3.63, 3.8) is 0 Å². The van der Waals surface area contributed by atoms with E-state index in [1.165, 1.54) is 0 Å². The van der Waals surface area contributed by atoms with E-state index in [0.717, 1.165) is 16.7 Å². The first-order valence-electron chi connectivity index (χ1n) is 8.08. The Morgan fingerprint density at radius 1 is 1.12 bits per heavy atom. The minimum absolute atomic E-state index is 0.126. The number of ether oxygens (including phenoxy) is 1. The average molecular weight is 341 g/mol. The van der Waals surface area contributed by atoms with Gasteiger partial charge in [-0.1, -0.05) is 60.2 Å². The number of nitrogens with one attached hydrogen (secondary N) is 1. The van der Waals surface area contributed by atoms with Gasteiger partial charge in [0.2, 0.25) is 0 Å². The Hall–Kier alpha value is -2.82. The molecule has 0 spiro atoms. The highest BCUT2D eigenvalue weighted by Crippen LogP contribution is 2.34. The lowest BCUT2D eigenvalue weighted by atomic mass is 9.80. The molecule has 0 aliphatic carbocycles. The second kappa shape index (κ2) is 7.83. The summed E-state index contributed by atoms with van der Waals surface area (Å²) in [5.74, 6) is -0.998. The summed E-state index contributed by atoms with van der Waals surface area (Å²) in [6.07, 6.45) is -0.648. The number of hydrogen-bond acceptors (Lipinski definition) is 3. The molecule has 5 heteroatoms. The van der Waals surface area contributed by atoms with Crippen LogP contribution in [0.15, 0.2) is 54.6 Å². The molecule has 1 amide bonds. The predicted octanol–water partition coefficient (Wildman–Crippen LogP) is 4.07. The summed E-state index contributed by atoms with van der Waals surface area (Å²) in [5.41, 5.74) is 1.38. The van der Waals surface area contributed by atoms with Crippen molar-refractivity contribution in [1.29, 1.82) is 0 Å². The van der Waals surface area contributed by atoms with Gasteiger partial charge in [-0.15, -0.1) is 0 Å². The molecule has 2 rings (SSSR count). The number of carboxylic acid groups (broad SMARTS) is 1. The summed E-state index contributed by atoms with van der Waals surface area (Å²) in [6.45, 7) is 5.21. The van der Waals surface area contributed by atoms with Crippen LogP contribution in [0, 0.1) is 12.3 Å². The first-order valence-corrected chi connectivity index (χ1v) is 8.08. The predicted molar refractivity (Wildman–Crippen MR) is 95.1 cm³/mol. The number of amides is 1. The molecule has 25 heavy (non-hydrogen) atoms. The van der Waals surface area contributed by atoms with E-state index in [0.29, 0.717) is 0 Å². The largest absolute Gasteiger partial charge is 0.481 e. The van der Waals surface area contributed by atoms with Gasteiger partial charge < -0.3 is 15.2 Å². The van der Waals surface area contributed by atoms with Gasteiger partial charge in [-0.25, -0.2) is 4.79 Å². The smallest absolute Gasteiger partial charge is 0.407 e. The van der Waals surface area contributed by atoms with E-state index in [2.05, 4.69) is 5.32 Å². The Labute approximate surface area is 147 Å². The molecule has 0 aromatic heterocycles. The lowest BCUT2D eigenvalue weighted by Crippen LogP contribution is -2.42. The lowest BCUT2D eigenvalue weighted by Gasteiger charge is -2.31. The van der Waals surface area contributed by atoms with E-state index < -0.39 is 23.5 Å². The van der Waals surface area contributed by atoms with Crippen LogP contribution in [0.4, 0.5) is 4.79 Å². The molecule has 132 valence electrons. The van der Waals surface area contributed by atoms with Crippen molar-refractivity contribution in [2.45, 2.75) is 33.4 Å². The van der Waals surface area contributed by atoms with E-state index in [4.69, 9.17) is 4.74 Å². The van der Waals surface area contributed by atoms with E-state index in [1.807, 2.05) is 55.5 Å². The fourth-order valence-corrected chi connectivity index (χ4v) is 2.54. The van der Waals surface area contributed by atoms with Crippen LogP contribution in [0.1, 0.15) is 36.6 Å². The maximum atomic E-state index is 12.2. The van der Waals surface area contributed by atoms with Crippen LogP contribution < -0.4 is 5.32 Å². The van der Waals surface area contributed by atoms with Crippen molar-refractivity contribution in [2.75, 3.05) is 0 Å². The number of carbonyl (C=O) groups excluding carboxylic acids is 1. The maximum Gasteiger partial charge on any atom is 0.407 e. The topological polar surface area (TPSA) is 75.6 Å². The molecule has 2 aromatic carbocycles. The quantitative estimate of drug-likeness (QED) is 0.830. The molecule has 5 nitrogen and oxygen atoms in total. The number of carbonyl (C=O) groups is 2. The molecule has 0 radical (unpaired) electrons. The number of aryl methyl sites for hydroxylation is 1. The fourth-order valence-electron chi connectivity index (χ4n) is 2.54. The van der Waals surface area contributed by atoms with Gasteiger partial charge in [0.1, 0.15) is 6.61 Å². The van der Waals surface area contributed by atoms with Gasteiger partial charge in [-0.3, -0.25) is 4.79 Å². The van der Waals surface area contributed by atoms with Gasteiger partial charge >= 0.3 is 12.1 Å². The molecule has 1 atom stereocenters. The van der Waals surface area contributed by atoms with Gasteiger partial charge in [0.15, 0.2) is 0 Å². The van der Waals surface area contributed by atoms with E-state index in [1.54, 1.807) is 19.9 Å². The summed E-state index contributed by atoms with van der Waals surface area (Å²) in [4.78, 5) is 23.9. The monoisotopic (exact) mass is 341 g/mol. The van der Waals surface area contributed by atoms with Crippen LogP contribution in [0.3, 0.4) is 0 Å². The van der Waals surface area contributed by atoms with E-state index in [-0.39, 0.29) is 6.61 Å². The van der Waals surface area contributed by atoms with Crippen LogP contribution in [0.25, 0.3) is 0 Å². The zero-order chi connectivity index (χ0) is 18.4. The first-order chi connectivity index (χ1) is 11.8. The molecule has 0 bridgehead atoms. The molecule has 2 N–H and O–H groups in total. The second-order valence-corrected chi connectivity index (χ2v) is 6.58. The Morgan fingerprint density at radius 2 is 1.80 bits per heavy atom. The van der Waals surface area contributed by atoms with Crippen LogP contribution in [0.5, 0.6) is 0 Å². The van der Waals surface area contributed by atoms with Crippen LogP contribution in [-0.4, -0.2) is 17.2 Å². The molecule has 0 aliphatic rings. The van der Waals surface area contributed by atoms with Gasteiger partial charge in [0.05, 0.1) is 11.5 Å². The Kier molecular flexibility index (Phi) is 5.80. The summed E-state index contributed by atoms with van der Waals surface area (Å²) in [6, 6.07) is 16.0. The molecule has 0 saturated carbocycles. The highest BCUT2D eigenvalue weighted by molar-refractivity contribution is 5.77. The normalized spacial score (nSPS) is 12.3. The first kappa shape index (κ1) is 18.5. The van der Waals surface area contributed by atoms with Crippen molar-refractivity contribution in [2.24, 2.45) is 5.41 Å². The van der Waals surface area contributed by atoms with Crippen LogP contribution in [0.2, 0.25) is 0 Å². The summed E-state index contributed by atoms with van der Waals surface area (Å²) >= 11 is 0. The number of alkyl carbamates (subject to hydrolysis) is 1. The SMILES string of the molecule is Cc1cccc(C(NC(=O)OCc2ccccc2)C(C)(C)C(=O)O)c1.